The zero-order valence-electron chi connectivity index (χ0n) is 12.4. The second-order valence-electron chi connectivity index (χ2n) is 5.16. The lowest BCUT2D eigenvalue weighted by molar-refractivity contribution is 0.103. The zero-order valence-corrected chi connectivity index (χ0v) is 12.4. The lowest BCUT2D eigenvalue weighted by Gasteiger charge is -2.10. The molecular weight excluding hydrogens is 286 g/mol. The zero-order chi connectivity index (χ0) is 16.2. The molecule has 0 unspecified atom stereocenters. The van der Waals surface area contributed by atoms with Crippen LogP contribution in [0.5, 0.6) is 0 Å². The van der Waals surface area contributed by atoms with Crippen molar-refractivity contribution in [1.82, 2.24) is 0 Å². The first kappa shape index (κ1) is 14.7. The van der Waals surface area contributed by atoms with Crippen LogP contribution >= 0.6 is 0 Å². The van der Waals surface area contributed by atoms with Crippen molar-refractivity contribution >= 4 is 17.3 Å². The van der Waals surface area contributed by atoms with Crippen molar-refractivity contribution in [3.8, 4) is 0 Å². The van der Waals surface area contributed by atoms with E-state index in [-0.39, 0.29) is 17.3 Å². The van der Waals surface area contributed by atoms with Gasteiger partial charge in [-0.3, -0.25) is 9.59 Å². The third-order valence-corrected chi connectivity index (χ3v) is 3.67. The van der Waals surface area contributed by atoms with Crippen molar-refractivity contribution in [2.24, 2.45) is 0 Å². The molecule has 0 atom stereocenters. The maximum Gasteiger partial charge on any atom is 0.195 e. The standard InChI is InChI=1S/C20H15NO2/c21-18-16(19(22)14-8-3-1-4-9-14)12-7-13-17(18)20(23)15-10-5-2-6-11-15/h1-13H,21H2. The molecule has 0 aromatic heterocycles. The molecule has 0 saturated carbocycles. The lowest BCUT2D eigenvalue weighted by Crippen LogP contribution is -2.11. The van der Waals surface area contributed by atoms with Crippen molar-refractivity contribution < 1.29 is 9.59 Å². The molecule has 0 spiro atoms. The van der Waals surface area contributed by atoms with Crippen LogP contribution in [0.4, 0.5) is 5.69 Å². The van der Waals surface area contributed by atoms with E-state index in [9.17, 15) is 9.59 Å². The molecule has 3 rings (SSSR count). The summed E-state index contributed by atoms with van der Waals surface area (Å²) in [6, 6.07) is 22.8. The van der Waals surface area contributed by atoms with Crippen LogP contribution in [0.2, 0.25) is 0 Å². The summed E-state index contributed by atoms with van der Waals surface area (Å²) in [6.45, 7) is 0. The third kappa shape index (κ3) is 2.90. The summed E-state index contributed by atoms with van der Waals surface area (Å²) in [5, 5.41) is 0. The Morgan fingerprint density at radius 2 is 0.957 bits per heavy atom. The molecule has 3 aromatic carbocycles. The maximum absolute atomic E-state index is 12.6. The fraction of sp³-hybridized carbons (Fsp3) is 0. The van der Waals surface area contributed by atoms with E-state index in [0.29, 0.717) is 22.3 Å². The first-order valence-electron chi connectivity index (χ1n) is 7.26. The summed E-state index contributed by atoms with van der Waals surface area (Å²) >= 11 is 0. The normalized spacial score (nSPS) is 10.3. The maximum atomic E-state index is 12.6. The van der Waals surface area contributed by atoms with E-state index in [1.807, 2.05) is 12.1 Å². The fourth-order valence-corrected chi connectivity index (χ4v) is 2.45. The van der Waals surface area contributed by atoms with Crippen LogP contribution in [0.1, 0.15) is 31.8 Å². The first-order valence-corrected chi connectivity index (χ1v) is 7.26. The SMILES string of the molecule is Nc1c(C(=O)c2ccccc2)cccc1C(=O)c1ccccc1. The van der Waals surface area contributed by atoms with Gasteiger partial charge in [-0.05, 0) is 12.1 Å². The average molecular weight is 301 g/mol. The van der Waals surface area contributed by atoms with Crippen molar-refractivity contribution in [3.05, 3.63) is 101 Å². The fourth-order valence-electron chi connectivity index (χ4n) is 2.45. The number of anilines is 1. The molecule has 0 aliphatic carbocycles. The number of ketones is 2. The highest BCUT2D eigenvalue weighted by Crippen LogP contribution is 2.23. The molecule has 3 nitrogen and oxygen atoms in total. The van der Waals surface area contributed by atoms with Gasteiger partial charge in [0, 0.05) is 22.3 Å². The second-order valence-corrected chi connectivity index (χ2v) is 5.16. The monoisotopic (exact) mass is 301 g/mol. The van der Waals surface area contributed by atoms with Crippen LogP contribution in [-0.2, 0) is 0 Å². The summed E-state index contributed by atoms with van der Waals surface area (Å²) in [7, 11) is 0. The quantitative estimate of drug-likeness (QED) is 0.590. The van der Waals surface area contributed by atoms with Crippen LogP contribution in [0, 0.1) is 0 Å². The number of hydrogen-bond acceptors (Lipinski definition) is 3. The molecule has 0 bridgehead atoms. The summed E-state index contributed by atoms with van der Waals surface area (Å²) < 4.78 is 0. The summed E-state index contributed by atoms with van der Waals surface area (Å²) in [5.74, 6) is -0.378. The van der Waals surface area contributed by atoms with Gasteiger partial charge in [-0.2, -0.15) is 0 Å². The van der Waals surface area contributed by atoms with E-state index in [4.69, 9.17) is 5.73 Å². The summed E-state index contributed by atoms with van der Waals surface area (Å²) in [4.78, 5) is 25.2. The van der Waals surface area contributed by atoms with Crippen LogP contribution in [0.25, 0.3) is 0 Å². The van der Waals surface area contributed by atoms with Gasteiger partial charge in [-0.15, -0.1) is 0 Å². The number of rotatable bonds is 4. The highest BCUT2D eigenvalue weighted by molar-refractivity contribution is 6.18. The van der Waals surface area contributed by atoms with Gasteiger partial charge in [0.25, 0.3) is 0 Å². The smallest absolute Gasteiger partial charge is 0.195 e. The van der Waals surface area contributed by atoms with Gasteiger partial charge in [0.2, 0.25) is 0 Å². The van der Waals surface area contributed by atoms with Gasteiger partial charge in [0.15, 0.2) is 11.6 Å². The number of benzene rings is 3. The largest absolute Gasteiger partial charge is 0.398 e. The van der Waals surface area contributed by atoms with Crippen LogP contribution < -0.4 is 5.73 Å². The highest BCUT2D eigenvalue weighted by atomic mass is 16.1. The predicted octanol–water partition coefficient (Wildman–Crippen LogP) is 3.73. The topological polar surface area (TPSA) is 60.2 Å². The molecule has 2 N–H and O–H groups in total. The molecule has 0 aliphatic rings. The van der Waals surface area contributed by atoms with E-state index >= 15 is 0 Å². The van der Waals surface area contributed by atoms with Crippen LogP contribution in [0.15, 0.2) is 78.9 Å². The third-order valence-electron chi connectivity index (χ3n) is 3.67. The number of carbonyl (C=O) groups is 2. The van der Waals surface area contributed by atoms with Crippen molar-refractivity contribution in [1.29, 1.82) is 0 Å². The van der Waals surface area contributed by atoms with E-state index in [2.05, 4.69) is 0 Å². The second kappa shape index (κ2) is 6.28. The predicted molar refractivity (Wildman–Crippen MR) is 90.6 cm³/mol. The molecule has 0 radical (unpaired) electrons. The van der Waals surface area contributed by atoms with Gasteiger partial charge >= 0.3 is 0 Å². The molecule has 3 heteroatoms. The molecule has 23 heavy (non-hydrogen) atoms. The molecule has 0 fully saturated rings. The number of hydrogen-bond donors (Lipinski definition) is 1. The van der Waals surface area contributed by atoms with Crippen LogP contribution in [-0.4, -0.2) is 11.6 Å². The average Bonchev–Trinajstić information content (AvgIpc) is 2.62. The van der Waals surface area contributed by atoms with Gasteiger partial charge in [-0.1, -0.05) is 66.7 Å². The molecule has 0 saturated heterocycles. The minimum Gasteiger partial charge on any atom is -0.398 e. The molecule has 0 heterocycles. The van der Waals surface area contributed by atoms with E-state index < -0.39 is 0 Å². The van der Waals surface area contributed by atoms with Crippen molar-refractivity contribution in [2.45, 2.75) is 0 Å². The van der Waals surface area contributed by atoms with Gasteiger partial charge < -0.3 is 5.73 Å². The molecule has 112 valence electrons. The Bertz CT molecular complexity index is 786. The Morgan fingerprint density at radius 1 is 0.565 bits per heavy atom. The van der Waals surface area contributed by atoms with Crippen LogP contribution in [0.3, 0.4) is 0 Å². The highest BCUT2D eigenvalue weighted by Gasteiger charge is 2.18. The Morgan fingerprint density at radius 3 is 1.35 bits per heavy atom. The number of nitrogens with two attached hydrogens (primary N) is 1. The molecule has 0 amide bonds. The Kier molecular flexibility index (Phi) is 4.02. The van der Waals surface area contributed by atoms with Gasteiger partial charge in [-0.25, -0.2) is 0 Å². The first-order chi connectivity index (χ1) is 11.2. The lowest BCUT2D eigenvalue weighted by atomic mass is 9.95. The van der Waals surface area contributed by atoms with Gasteiger partial charge in [0.05, 0.1) is 5.69 Å². The molecule has 0 aliphatic heterocycles. The Balaban J connectivity index is 2.03. The summed E-state index contributed by atoms with van der Waals surface area (Å²) in [5.41, 5.74) is 8.12. The van der Waals surface area contributed by atoms with E-state index in [0.717, 1.165) is 0 Å². The van der Waals surface area contributed by atoms with Gasteiger partial charge in [0.1, 0.15) is 0 Å². The minimum absolute atomic E-state index is 0.189. The number of para-hydroxylation sites is 1. The van der Waals surface area contributed by atoms with Crippen molar-refractivity contribution in [2.75, 3.05) is 5.73 Å². The van der Waals surface area contributed by atoms with E-state index in [1.54, 1.807) is 66.7 Å². The van der Waals surface area contributed by atoms with Crippen molar-refractivity contribution in [3.63, 3.8) is 0 Å². The minimum atomic E-state index is -0.189. The number of nitrogen functional groups attached to an aromatic ring is 1. The summed E-state index contributed by atoms with van der Waals surface area (Å²) in [6.07, 6.45) is 0. The van der Waals surface area contributed by atoms with E-state index in [1.165, 1.54) is 0 Å². The Hall–Kier alpha value is -3.20. The Labute approximate surface area is 134 Å². The number of carbonyl (C=O) groups excluding carboxylic acids is 2. The molecule has 3 aromatic rings. The molecular formula is C20H15NO2.